The van der Waals surface area contributed by atoms with Crippen LogP contribution in [0.25, 0.3) is 149 Å². The number of nitriles is 1. The summed E-state index contributed by atoms with van der Waals surface area (Å²) >= 11 is 0. The molecule has 0 saturated heterocycles. The standard InChI is InChI=1S/C77H40F12N6/c78-74(79,80)44-22-28-64-54(35-44)55-36-45(75(81,82)83)23-29-65(55)93(64)70-34-43(41-90)72(73(71(70)42-12-2-1-3-13-42)95-66-30-24-46(76(84,85)86)37-56(66)57-38-47(77(87,88)89)25-31-67(57)95)94-68-32-26-48(91-60-18-8-4-14-50(60)51-15-5-9-19-61(51)91)39-58(68)59-40-49(27-33-69(59)94)92-62-20-10-6-16-52(62)53-17-7-11-21-63(53)92/h1-40H. The maximum absolute atomic E-state index is 15.1. The van der Waals surface area contributed by atoms with E-state index in [1.807, 2.05) is 138 Å². The third kappa shape index (κ3) is 8.61. The summed E-state index contributed by atoms with van der Waals surface area (Å²) in [5.41, 5.74) is 1.41. The van der Waals surface area contributed by atoms with Crippen LogP contribution in [0.2, 0.25) is 0 Å². The van der Waals surface area contributed by atoms with Crippen molar-refractivity contribution in [2.75, 3.05) is 0 Å². The minimum Gasteiger partial charge on any atom is -0.309 e. The molecule has 0 saturated carbocycles. The summed E-state index contributed by atoms with van der Waals surface area (Å²) < 4.78 is 188. The molecule has 0 aliphatic carbocycles. The van der Waals surface area contributed by atoms with Crippen molar-refractivity contribution in [2.24, 2.45) is 0 Å². The van der Waals surface area contributed by atoms with E-state index in [9.17, 15) is 31.6 Å². The van der Waals surface area contributed by atoms with E-state index in [1.54, 1.807) is 30.3 Å². The number of hydrogen-bond acceptors (Lipinski definition) is 1. The van der Waals surface area contributed by atoms with Crippen LogP contribution in [-0.2, 0) is 24.7 Å². The molecule has 0 aliphatic rings. The third-order valence-corrected chi connectivity index (χ3v) is 18.4. The van der Waals surface area contributed by atoms with Crippen LogP contribution in [0.3, 0.4) is 0 Å². The Hall–Kier alpha value is -11.7. The molecule has 0 unspecified atom stereocenters. The van der Waals surface area contributed by atoms with Gasteiger partial charge in [-0.05, 0) is 145 Å². The van der Waals surface area contributed by atoms with Crippen molar-refractivity contribution < 1.29 is 52.7 Å². The molecule has 0 amide bonds. The summed E-state index contributed by atoms with van der Waals surface area (Å²) in [6.07, 6.45) is -19.9. The molecule has 462 valence electrons. The first-order valence-electron chi connectivity index (χ1n) is 29.8. The van der Waals surface area contributed by atoms with Crippen molar-refractivity contribution in [3.63, 3.8) is 0 Å². The first-order valence-corrected chi connectivity index (χ1v) is 29.8. The molecule has 12 aromatic carbocycles. The maximum Gasteiger partial charge on any atom is 0.416 e. The van der Waals surface area contributed by atoms with Gasteiger partial charge in [0.05, 0.1) is 100 Å². The molecule has 0 spiro atoms. The van der Waals surface area contributed by atoms with Gasteiger partial charge in [0.15, 0.2) is 0 Å². The highest BCUT2D eigenvalue weighted by molar-refractivity contribution is 6.17. The van der Waals surface area contributed by atoms with Gasteiger partial charge in [-0.3, -0.25) is 0 Å². The second-order valence-corrected chi connectivity index (χ2v) is 23.6. The van der Waals surface area contributed by atoms with Crippen molar-refractivity contribution in [3.8, 4) is 45.6 Å². The number of para-hydroxylation sites is 4. The molecule has 5 heterocycles. The molecule has 0 aliphatic heterocycles. The number of alkyl halides is 12. The number of rotatable bonds is 6. The maximum atomic E-state index is 15.1. The Labute approximate surface area is 528 Å². The Kier molecular flexibility index (Phi) is 12.1. The van der Waals surface area contributed by atoms with Crippen molar-refractivity contribution in [1.82, 2.24) is 22.8 Å². The summed E-state index contributed by atoms with van der Waals surface area (Å²) in [6, 6.07) is 66.5. The first kappa shape index (κ1) is 57.2. The zero-order valence-corrected chi connectivity index (χ0v) is 48.8. The minimum atomic E-state index is -4.99. The SMILES string of the molecule is N#Cc1cc(-n2c3ccc(C(F)(F)F)cc3c3cc(C(F)(F)F)ccc32)c(-c2ccccc2)c(-n2c3ccc(C(F)(F)F)cc3c3cc(C(F)(F)F)ccc32)c1-n1c2ccc(-n3c4ccccc4c4ccccc43)cc2c2cc(-n3c4ccccc4c4ccccc43)ccc21. The van der Waals surface area contributed by atoms with Gasteiger partial charge in [-0.1, -0.05) is 103 Å². The lowest BCUT2D eigenvalue weighted by molar-refractivity contribution is -0.138. The monoisotopic (exact) mass is 1280 g/mol. The zero-order chi connectivity index (χ0) is 65.4. The van der Waals surface area contributed by atoms with Crippen LogP contribution >= 0.6 is 0 Å². The van der Waals surface area contributed by atoms with Gasteiger partial charge < -0.3 is 22.8 Å². The molecule has 18 heteroatoms. The summed E-state index contributed by atoms with van der Waals surface area (Å²) in [5, 5.41) is 16.4. The van der Waals surface area contributed by atoms with E-state index in [2.05, 4.69) is 15.2 Å². The van der Waals surface area contributed by atoms with E-state index >= 15 is 26.3 Å². The summed E-state index contributed by atoms with van der Waals surface area (Å²) in [7, 11) is 0. The average molecular weight is 1280 g/mol. The normalized spacial score (nSPS) is 12.8. The van der Waals surface area contributed by atoms with Crippen molar-refractivity contribution in [3.05, 3.63) is 270 Å². The molecular formula is C77H40F12N6. The van der Waals surface area contributed by atoms with E-state index in [4.69, 9.17) is 0 Å². The smallest absolute Gasteiger partial charge is 0.309 e. The number of hydrogen-bond donors (Lipinski definition) is 0. The van der Waals surface area contributed by atoms with Crippen LogP contribution in [0.5, 0.6) is 0 Å². The molecule has 95 heavy (non-hydrogen) atoms. The van der Waals surface area contributed by atoms with Crippen LogP contribution in [0.4, 0.5) is 52.7 Å². The topological polar surface area (TPSA) is 48.4 Å². The molecule has 0 radical (unpaired) electrons. The van der Waals surface area contributed by atoms with Gasteiger partial charge in [0.2, 0.25) is 0 Å². The van der Waals surface area contributed by atoms with E-state index in [1.165, 1.54) is 15.2 Å². The van der Waals surface area contributed by atoms with Crippen LogP contribution in [0, 0.1) is 11.3 Å². The molecular weight excluding hydrogens is 1240 g/mol. The van der Waals surface area contributed by atoms with Crippen molar-refractivity contribution >= 4 is 109 Å². The van der Waals surface area contributed by atoms with Crippen LogP contribution in [0.1, 0.15) is 27.8 Å². The fourth-order valence-corrected chi connectivity index (χ4v) is 14.4. The van der Waals surface area contributed by atoms with Crippen molar-refractivity contribution in [2.45, 2.75) is 24.7 Å². The van der Waals surface area contributed by atoms with Crippen molar-refractivity contribution in [1.29, 1.82) is 5.26 Å². The molecule has 17 rings (SSSR count). The summed E-state index contributed by atoms with van der Waals surface area (Å²) in [5.74, 6) is 0. The molecule has 0 N–H and O–H groups in total. The fourth-order valence-electron chi connectivity index (χ4n) is 14.4. The zero-order valence-electron chi connectivity index (χ0n) is 48.8. The van der Waals surface area contributed by atoms with Gasteiger partial charge in [0, 0.05) is 70.8 Å². The Morgan fingerprint density at radius 2 is 0.537 bits per heavy atom. The van der Waals surface area contributed by atoms with Gasteiger partial charge in [-0.25, -0.2) is 0 Å². The Morgan fingerprint density at radius 3 is 0.874 bits per heavy atom. The Bertz CT molecular complexity index is 5760. The molecule has 17 aromatic rings. The predicted octanol–water partition coefficient (Wildman–Crippen LogP) is 22.8. The minimum absolute atomic E-state index is 0.00269. The summed E-state index contributed by atoms with van der Waals surface area (Å²) in [4.78, 5) is 0. The molecule has 6 nitrogen and oxygen atoms in total. The number of benzene rings is 12. The van der Waals surface area contributed by atoms with E-state index in [0.29, 0.717) is 27.4 Å². The van der Waals surface area contributed by atoms with E-state index in [-0.39, 0.29) is 71.8 Å². The summed E-state index contributed by atoms with van der Waals surface area (Å²) in [6.45, 7) is 0. The largest absolute Gasteiger partial charge is 0.416 e. The molecule has 5 aromatic heterocycles. The third-order valence-electron chi connectivity index (χ3n) is 18.4. The van der Waals surface area contributed by atoms with Gasteiger partial charge >= 0.3 is 24.7 Å². The first-order chi connectivity index (χ1) is 45.6. The quantitative estimate of drug-likeness (QED) is 0.153. The molecule has 0 atom stereocenters. The second kappa shape index (κ2) is 20.1. The number of halogens is 12. The highest BCUT2D eigenvalue weighted by Crippen LogP contribution is 2.51. The number of fused-ring (bicyclic) bond motifs is 15. The lowest BCUT2D eigenvalue weighted by atomic mass is 9.95. The van der Waals surface area contributed by atoms with Gasteiger partial charge in [-0.15, -0.1) is 0 Å². The van der Waals surface area contributed by atoms with E-state index in [0.717, 1.165) is 128 Å². The lowest BCUT2D eigenvalue weighted by Gasteiger charge is -2.26. The number of aromatic nitrogens is 5. The van der Waals surface area contributed by atoms with E-state index < -0.39 is 47.0 Å². The van der Waals surface area contributed by atoms with Crippen LogP contribution in [-0.4, -0.2) is 22.8 Å². The average Bonchev–Trinajstić information content (AvgIpc) is 1.58. The Morgan fingerprint density at radius 1 is 0.253 bits per heavy atom. The van der Waals surface area contributed by atoms with Crippen LogP contribution < -0.4 is 0 Å². The molecule has 0 bridgehead atoms. The predicted molar refractivity (Wildman–Crippen MR) is 348 cm³/mol. The lowest BCUT2D eigenvalue weighted by Crippen LogP contribution is -2.12. The number of nitrogens with zero attached hydrogens (tertiary/aromatic N) is 6. The van der Waals surface area contributed by atoms with Gasteiger partial charge in [0.1, 0.15) is 6.07 Å². The highest BCUT2D eigenvalue weighted by Gasteiger charge is 2.38. The van der Waals surface area contributed by atoms with Gasteiger partial charge in [0.25, 0.3) is 0 Å². The fraction of sp³-hybridized carbons (Fsp3) is 0.0519. The molecule has 0 fully saturated rings. The van der Waals surface area contributed by atoms with Crippen LogP contribution in [0.15, 0.2) is 243 Å². The van der Waals surface area contributed by atoms with Gasteiger partial charge in [-0.2, -0.15) is 57.9 Å². The second-order valence-electron chi connectivity index (χ2n) is 23.6. The Balaban J connectivity index is 1.08. The highest BCUT2D eigenvalue weighted by atomic mass is 19.4.